The van der Waals surface area contributed by atoms with Gasteiger partial charge in [0, 0.05) is 23.8 Å². The summed E-state index contributed by atoms with van der Waals surface area (Å²) in [6.07, 6.45) is 3.52. The Labute approximate surface area is 107 Å². The minimum absolute atomic E-state index is 0.438. The van der Waals surface area contributed by atoms with Gasteiger partial charge in [0.05, 0.1) is 10.2 Å². The molecule has 0 amide bonds. The Balaban J connectivity index is 2.30. The first-order chi connectivity index (χ1) is 7.81. The van der Waals surface area contributed by atoms with Gasteiger partial charge in [0.25, 0.3) is 0 Å². The highest BCUT2D eigenvalue weighted by Gasteiger charge is 2.07. The van der Waals surface area contributed by atoms with E-state index in [1.54, 1.807) is 24.2 Å². The fourth-order valence-corrected chi connectivity index (χ4v) is 2.61. The fraction of sp³-hybridized carbons (Fsp3) is 0.0909. The average molecular weight is 296 g/mol. The zero-order valence-corrected chi connectivity index (χ0v) is 10.8. The Morgan fingerprint density at radius 1 is 1.19 bits per heavy atom. The quantitative estimate of drug-likeness (QED) is 0.946. The molecule has 0 atom stereocenters. The van der Waals surface area contributed by atoms with E-state index < -0.39 is 0 Å². The summed E-state index contributed by atoms with van der Waals surface area (Å²) >= 11 is 5.03. The molecule has 3 nitrogen and oxygen atoms in total. The Hall–Kier alpha value is -0.910. The Morgan fingerprint density at radius 3 is 2.69 bits per heavy atom. The van der Waals surface area contributed by atoms with Crippen LogP contribution in [0.3, 0.4) is 0 Å². The van der Waals surface area contributed by atoms with Crippen molar-refractivity contribution < 1.29 is 0 Å². The van der Waals surface area contributed by atoms with Gasteiger partial charge in [-0.25, -0.2) is 4.98 Å². The summed E-state index contributed by atoms with van der Waals surface area (Å²) in [7, 11) is 0. The van der Waals surface area contributed by atoms with Gasteiger partial charge < -0.3 is 5.73 Å². The molecule has 0 radical (unpaired) electrons. The highest BCUT2D eigenvalue weighted by atomic mass is 79.9. The van der Waals surface area contributed by atoms with Gasteiger partial charge in [0.15, 0.2) is 0 Å². The minimum Gasteiger partial charge on any atom is -0.325 e. The molecule has 0 aliphatic rings. The molecular formula is C11H10BrN3S. The third kappa shape index (κ3) is 2.61. The molecule has 2 aromatic rings. The van der Waals surface area contributed by atoms with Crippen LogP contribution in [0.2, 0.25) is 0 Å². The topological polar surface area (TPSA) is 51.8 Å². The summed E-state index contributed by atoms with van der Waals surface area (Å²) in [4.78, 5) is 9.58. The molecule has 2 N–H and O–H groups in total. The summed E-state index contributed by atoms with van der Waals surface area (Å²) in [5.41, 5.74) is 6.53. The maximum atomic E-state index is 5.63. The molecule has 0 aromatic carbocycles. The van der Waals surface area contributed by atoms with Gasteiger partial charge in [0.1, 0.15) is 5.03 Å². The normalized spacial score (nSPS) is 10.4. The number of pyridine rings is 2. The molecule has 0 aliphatic heterocycles. The van der Waals surface area contributed by atoms with E-state index in [0.29, 0.717) is 6.54 Å². The molecule has 2 aromatic heterocycles. The lowest BCUT2D eigenvalue weighted by Gasteiger charge is -2.06. The average Bonchev–Trinajstić information content (AvgIpc) is 2.33. The van der Waals surface area contributed by atoms with E-state index in [-0.39, 0.29) is 0 Å². The van der Waals surface area contributed by atoms with Crippen molar-refractivity contribution in [1.82, 2.24) is 9.97 Å². The highest BCUT2D eigenvalue weighted by molar-refractivity contribution is 9.10. The lowest BCUT2D eigenvalue weighted by atomic mass is 10.3. The van der Waals surface area contributed by atoms with Gasteiger partial charge in [-0.3, -0.25) is 4.98 Å². The van der Waals surface area contributed by atoms with E-state index in [1.807, 2.05) is 24.3 Å². The van der Waals surface area contributed by atoms with E-state index in [4.69, 9.17) is 5.73 Å². The second kappa shape index (κ2) is 5.43. The Morgan fingerprint density at radius 2 is 1.94 bits per heavy atom. The van der Waals surface area contributed by atoms with Crippen molar-refractivity contribution in [1.29, 1.82) is 0 Å². The first-order valence-corrected chi connectivity index (χ1v) is 6.34. The molecule has 82 valence electrons. The lowest BCUT2D eigenvalue weighted by Crippen LogP contribution is -2.01. The number of rotatable bonds is 3. The van der Waals surface area contributed by atoms with E-state index in [1.165, 1.54) is 0 Å². The number of nitrogens with two attached hydrogens (primary N) is 1. The monoisotopic (exact) mass is 295 g/mol. The molecule has 0 saturated heterocycles. The molecular weight excluding hydrogens is 286 g/mol. The Bertz CT molecular complexity index is 490. The van der Waals surface area contributed by atoms with Crippen LogP contribution >= 0.6 is 27.7 Å². The summed E-state index contributed by atoms with van der Waals surface area (Å²) in [6.45, 7) is 0.438. The molecule has 2 heterocycles. The maximum absolute atomic E-state index is 5.63. The van der Waals surface area contributed by atoms with Gasteiger partial charge in [-0.2, -0.15) is 0 Å². The van der Waals surface area contributed by atoms with E-state index >= 15 is 0 Å². The standard InChI is InChI=1S/C11H10BrN3S/c12-8-3-1-6-15-11(8)16-10-4-2-5-14-9(10)7-13/h1-6H,7,13H2. The zero-order valence-electron chi connectivity index (χ0n) is 8.43. The first-order valence-electron chi connectivity index (χ1n) is 4.73. The van der Waals surface area contributed by atoms with Crippen LogP contribution < -0.4 is 5.73 Å². The van der Waals surface area contributed by atoms with Crippen LogP contribution in [0.1, 0.15) is 5.69 Å². The van der Waals surface area contributed by atoms with Gasteiger partial charge >= 0.3 is 0 Å². The highest BCUT2D eigenvalue weighted by Crippen LogP contribution is 2.32. The van der Waals surface area contributed by atoms with Crippen molar-refractivity contribution in [2.24, 2.45) is 5.73 Å². The summed E-state index contributed by atoms with van der Waals surface area (Å²) < 4.78 is 0.979. The van der Waals surface area contributed by atoms with Crippen LogP contribution in [-0.4, -0.2) is 9.97 Å². The molecule has 0 spiro atoms. The lowest BCUT2D eigenvalue weighted by molar-refractivity contribution is 0.941. The molecule has 0 bridgehead atoms. The van der Waals surface area contributed by atoms with E-state index in [2.05, 4.69) is 25.9 Å². The van der Waals surface area contributed by atoms with Crippen LogP contribution in [0, 0.1) is 0 Å². The third-order valence-corrected chi connectivity index (χ3v) is 3.99. The predicted octanol–water partition coefficient (Wildman–Crippen LogP) is 2.85. The van der Waals surface area contributed by atoms with Crippen molar-refractivity contribution in [2.75, 3.05) is 0 Å². The molecule has 5 heteroatoms. The molecule has 16 heavy (non-hydrogen) atoms. The predicted molar refractivity (Wildman–Crippen MR) is 68.2 cm³/mol. The van der Waals surface area contributed by atoms with Crippen LogP contribution in [0.15, 0.2) is 51.1 Å². The Kier molecular flexibility index (Phi) is 3.93. The molecule has 0 aliphatic carbocycles. The molecule has 0 saturated carbocycles. The number of hydrogen-bond acceptors (Lipinski definition) is 4. The van der Waals surface area contributed by atoms with Crippen molar-refractivity contribution >= 4 is 27.7 Å². The molecule has 0 unspecified atom stereocenters. The van der Waals surface area contributed by atoms with Crippen LogP contribution in [0.5, 0.6) is 0 Å². The fourth-order valence-electron chi connectivity index (χ4n) is 1.22. The number of aromatic nitrogens is 2. The zero-order chi connectivity index (χ0) is 11.4. The second-order valence-electron chi connectivity index (χ2n) is 3.04. The van der Waals surface area contributed by atoms with Gasteiger partial charge in [-0.1, -0.05) is 11.8 Å². The largest absolute Gasteiger partial charge is 0.325 e. The van der Waals surface area contributed by atoms with E-state index in [0.717, 1.165) is 20.1 Å². The van der Waals surface area contributed by atoms with Crippen molar-refractivity contribution in [3.05, 3.63) is 46.8 Å². The first kappa shape index (κ1) is 11.6. The van der Waals surface area contributed by atoms with Crippen molar-refractivity contribution in [3.8, 4) is 0 Å². The molecule has 2 rings (SSSR count). The smallest absolute Gasteiger partial charge is 0.115 e. The number of halogens is 1. The maximum Gasteiger partial charge on any atom is 0.115 e. The van der Waals surface area contributed by atoms with Gasteiger partial charge in [-0.05, 0) is 40.2 Å². The van der Waals surface area contributed by atoms with Crippen molar-refractivity contribution in [2.45, 2.75) is 16.5 Å². The number of hydrogen-bond donors (Lipinski definition) is 1. The summed E-state index contributed by atoms with van der Waals surface area (Å²) in [6, 6.07) is 7.76. The van der Waals surface area contributed by atoms with Crippen LogP contribution in [-0.2, 0) is 6.54 Å². The van der Waals surface area contributed by atoms with Crippen LogP contribution in [0.25, 0.3) is 0 Å². The van der Waals surface area contributed by atoms with Gasteiger partial charge in [0.2, 0.25) is 0 Å². The van der Waals surface area contributed by atoms with E-state index in [9.17, 15) is 0 Å². The van der Waals surface area contributed by atoms with Crippen molar-refractivity contribution in [3.63, 3.8) is 0 Å². The number of nitrogens with zero attached hydrogens (tertiary/aromatic N) is 2. The van der Waals surface area contributed by atoms with Gasteiger partial charge in [-0.15, -0.1) is 0 Å². The molecule has 0 fully saturated rings. The summed E-state index contributed by atoms with van der Waals surface area (Å²) in [5, 5.41) is 0.921. The SMILES string of the molecule is NCc1ncccc1Sc1ncccc1Br. The summed E-state index contributed by atoms with van der Waals surface area (Å²) in [5.74, 6) is 0. The minimum atomic E-state index is 0.438. The van der Waals surface area contributed by atoms with Crippen LogP contribution in [0.4, 0.5) is 0 Å². The third-order valence-electron chi connectivity index (χ3n) is 1.97. The second-order valence-corrected chi connectivity index (χ2v) is 4.93.